The van der Waals surface area contributed by atoms with Crippen molar-refractivity contribution >= 4 is 11.8 Å². The fraction of sp³-hybridized carbons (Fsp3) is 0.500. The van der Waals surface area contributed by atoms with Crippen molar-refractivity contribution in [3.8, 4) is 11.3 Å². The van der Waals surface area contributed by atoms with Crippen LogP contribution in [0.25, 0.3) is 11.3 Å². The van der Waals surface area contributed by atoms with Crippen molar-refractivity contribution in [1.29, 1.82) is 0 Å². The number of hydrogen-bond acceptors (Lipinski definition) is 4. The number of carbonyl (C=O) groups is 2. The van der Waals surface area contributed by atoms with E-state index in [1.807, 2.05) is 31.3 Å². The summed E-state index contributed by atoms with van der Waals surface area (Å²) in [4.78, 5) is 28.8. The number of ketones is 1. The summed E-state index contributed by atoms with van der Waals surface area (Å²) in [6.07, 6.45) is 10.9. The summed E-state index contributed by atoms with van der Waals surface area (Å²) in [5.41, 5.74) is 3.54. The molecule has 0 aliphatic heterocycles. The molecule has 1 aromatic heterocycles. The van der Waals surface area contributed by atoms with Gasteiger partial charge < -0.3 is 4.74 Å². The number of pyridine rings is 1. The largest absolute Gasteiger partial charge is 0.451 e. The lowest BCUT2D eigenvalue weighted by atomic mass is 10.0. The molecule has 0 amide bonds. The van der Waals surface area contributed by atoms with E-state index in [0.29, 0.717) is 12.0 Å². The first-order valence-electron chi connectivity index (χ1n) is 11.3. The van der Waals surface area contributed by atoms with Gasteiger partial charge in [0.1, 0.15) is 0 Å². The van der Waals surface area contributed by atoms with Gasteiger partial charge in [-0.05, 0) is 49.9 Å². The van der Waals surface area contributed by atoms with E-state index < -0.39 is 12.1 Å². The zero-order valence-corrected chi connectivity index (χ0v) is 18.7. The van der Waals surface area contributed by atoms with E-state index in [1.54, 1.807) is 19.1 Å². The Hall–Kier alpha value is -2.49. The van der Waals surface area contributed by atoms with E-state index in [2.05, 4.69) is 18.0 Å². The Morgan fingerprint density at radius 2 is 1.60 bits per heavy atom. The molecule has 0 N–H and O–H groups in total. The van der Waals surface area contributed by atoms with Gasteiger partial charge in [0, 0.05) is 18.2 Å². The molecule has 0 fully saturated rings. The average Bonchev–Trinajstić information content (AvgIpc) is 2.77. The quantitative estimate of drug-likeness (QED) is 0.277. The summed E-state index contributed by atoms with van der Waals surface area (Å²) in [7, 11) is 0. The SMILES string of the molecule is CCCCCCCc1ccc(-c2ccc(C(=O)OC(C)C(=O)CCCC)cc2)nc1. The van der Waals surface area contributed by atoms with Crippen LogP contribution >= 0.6 is 0 Å². The lowest BCUT2D eigenvalue weighted by Crippen LogP contribution is -2.24. The molecule has 2 rings (SSSR count). The van der Waals surface area contributed by atoms with Crippen molar-refractivity contribution in [3.05, 3.63) is 53.7 Å². The Morgan fingerprint density at radius 1 is 0.900 bits per heavy atom. The number of benzene rings is 1. The molecule has 0 bridgehead atoms. The highest BCUT2D eigenvalue weighted by Crippen LogP contribution is 2.19. The Balaban J connectivity index is 1.88. The number of carbonyl (C=O) groups excluding carboxylic acids is 2. The van der Waals surface area contributed by atoms with E-state index in [1.165, 1.54) is 37.7 Å². The summed E-state index contributed by atoms with van der Waals surface area (Å²) in [6, 6.07) is 11.4. The van der Waals surface area contributed by atoms with Gasteiger partial charge in [0.05, 0.1) is 11.3 Å². The van der Waals surface area contributed by atoms with Gasteiger partial charge in [-0.1, -0.05) is 64.2 Å². The van der Waals surface area contributed by atoms with Crippen LogP contribution in [0.5, 0.6) is 0 Å². The van der Waals surface area contributed by atoms with Crippen LogP contribution in [0.4, 0.5) is 0 Å². The van der Waals surface area contributed by atoms with Gasteiger partial charge in [0.15, 0.2) is 11.9 Å². The maximum absolute atomic E-state index is 12.3. The highest BCUT2D eigenvalue weighted by atomic mass is 16.5. The molecule has 1 atom stereocenters. The zero-order valence-electron chi connectivity index (χ0n) is 18.7. The number of esters is 1. The fourth-order valence-corrected chi connectivity index (χ4v) is 3.30. The third-order valence-electron chi connectivity index (χ3n) is 5.32. The molecule has 1 aromatic carbocycles. The molecule has 4 nitrogen and oxygen atoms in total. The van der Waals surface area contributed by atoms with E-state index in [9.17, 15) is 9.59 Å². The molecule has 162 valence electrons. The lowest BCUT2D eigenvalue weighted by molar-refractivity contribution is -0.127. The van der Waals surface area contributed by atoms with Crippen LogP contribution in [0.1, 0.15) is 88.1 Å². The molecule has 0 saturated heterocycles. The summed E-state index contributed by atoms with van der Waals surface area (Å²) >= 11 is 0. The predicted octanol–water partition coefficient (Wildman–Crippen LogP) is 6.57. The zero-order chi connectivity index (χ0) is 21.8. The van der Waals surface area contributed by atoms with Crippen molar-refractivity contribution < 1.29 is 14.3 Å². The smallest absolute Gasteiger partial charge is 0.338 e. The molecule has 30 heavy (non-hydrogen) atoms. The third-order valence-corrected chi connectivity index (χ3v) is 5.32. The Labute approximate surface area is 181 Å². The maximum Gasteiger partial charge on any atom is 0.338 e. The number of aromatic nitrogens is 1. The van der Waals surface area contributed by atoms with Crippen molar-refractivity contribution in [2.24, 2.45) is 0 Å². The van der Waals surface area contributed by atoms with Gasteiger partial charge in [0.25, 0.3) is 0 Å². The van der Waals surface area contributed by atoms with Crippen LogP contribution in [0.15, 0.2) is 42.6 Å². The van der Waals surface area contributed by atoms with Crippen LogP contribution in [0.2, 0.25) is 0 Å². The van der Waals surface area contributed by atoms with Crippen molar-refractivity contribution in [2.75, 3.05) is 0 Å². The van der Waals surface area contributed by atoms with Gasteiger partial charge in [-0.25, -0.2) is 4.79 Å². The number of aryl methyl sites for hydroxylation is 1. The molecule has 2 aromatic rings. The second kappa shape index (κ2) is 12.9. The number of ether oxygens (including phenoxy) is 1. The first kappa shape index (κ1) is 23.8. The molecule has 0 saturated carbocycles. The van der Waals surface area contributed by atoms with Gasteiger partial charge in [-0.15, -0.1) is 0 Å². The number of rotatable bonds is 13. The lowest BCUT2D eigenvalue weighted by Gasteiger charge is -2.12. The summed E-state index contributed by atoms with van der Waals surface area (Å²) in [6.45, 7) is 5.90. The van der Waals surface area contributed by atoms with Crippen molar-refractivity contribution in [1.82, 2.24) is 4.98 Å². The first-order chi connectivity index (χ1) is 14.5. The highest BCUT2D eigenvalue weighted by molar-refractivity contribution is 5.93. The van der Waals surface area contributed by atoms with Crippen LogP contribution in [-0.2, 0) is 16.0 Å². The fourth-order valence-electron chi connectivity index (χ4n) is 3.30. The molecule has 0 aliphatic rings. The third kappa shape index (κ3) is 7.74. The van der Waals surface area contributed by atoms with Gasteiger partial charge in [-0.3, -0.25) is 9.78 Å². The minimum Gasteiger partial charge on any atom is -0.451 e. The first-order valence-corrected chi connectivity index (χ1v) is 11.3. The van der Waals surface area contributed by atoms with Gasteiger partial charge in [-0.2, -0.15) is 0 Å². The van der Waals surface area contributed by atoms with Gasteiger partial charge in [0.2, 0.25) is 0 Å². The predicted molar refractivity (Wildman–Crippen MR) is 122 cm³/mol. The van der Waals surface area contributed by atoms with Crippen LogP contribution in [-0.4, -0.2) is 22.8 Å². The molecular weight excluding hydrogens is 374 g/mol. The topological polar surface area (TPSA) is 56.3 Å². The minimum absolute atomic E-state index is 0.0310. The molecular formula is C26H35NO3. The minimum atomic E-state index is -0.708. The Morgan fingerprint density at radius 3 is 2.23 bits per heavy atom. The second-order valence-electron chi connectivity index (χ2n) is 7.91. The highest BCUT2D eigenvalue weighted by Gasteiger charge is 2.18. The number of Topliss-reactive ketones (excluding diaryl/α,β-unsaturated/α-hetero) is 1. The molecule has 1 heterocycles. The summed E-state index contributed by atoms with van der Waals surface area (Å²) < 4.78 is 5.31. The van der Waals surface area contributed by atoms with E-state index in [4.69, 9.17) is 4.74 Å². The average molecular weight is 410 g/mol. The summed E-state index contributed by atoms with van der Waals surface area (Å²) in [5.74, 6) is -0.498. The second-order valence-corrected chi connectivity index (χ2v) is 7.91. The number of hydrogen-bond donors (Lipinski definition) is 0. The molecule has 0 aliphatic carbocycles. The van der Waals surface area contributed by atoms with Gasteiger partial charge >= 0.3 is 5.97 Å². The Kier molecular flexibility index (Phi) is 10.3. The summed E-state index contributed by atoms with van der Waals surface area (Å²) in [5, 5.41) is 0. The van der Waals surface area contributed by atoms with Crippen LogP contribution in [0.3, 0.4) is 0 Å². The van der Waals surface area contributed by atoms with Crippen molar-refractivity contribution in [3.63, 3.8) is 0 Å². The molecule has 4 heteroatoms. The van der Waals surface area contributed by atoms with Crippen LogP contribution < -0.4 is 0 Å². The normalized spacial score (nSPS) is 11.8. The maximum atomic E-state index is 12.3. The Bertz CT molecular complexity index is 781. The number of unbranched alkanes of at least 4 members (excludes halogenated alkanes) is 5. The number of nitrogens with zero attached hydrogens (tertiary/aromatic N) is 1. The molecule has 0 spiro atoms. The standard InChI is InChI=1S/C26H35NO3/c1-4-6-8-9-10-11-21-13-18-24(27-19-21)22-14-16-23(17-15-22)26(29)30-20(3)25(28)12-7-5-2/h13-20H,4-12H2,1-3H3. The molecule has 0 radical (unpaired) electrons. The van der Waals surface area contributed by atoms with E-state index in [0.717, 1.165) is 30.5 Å². The monoisotopic (exact) mass is 409 g/mol. The van der Waals surface area contributed by atoms with E-state index in [-0.39, 0.29) is 5.78 Å². The van der Waals surface area contributed by atoms with E-state index >= 15 is 0 Å². The van der Waals surface area contributed by atoms with Crippen molar-refractivity contribution in [2.45, 2.75) is 84.7 Å². The van der Waals surface area contributed by atoms with Crippen LogP contribution in [0, 0.1) is 0 Å². The molecule has 1 unspecified atom stereocenters.